The summed E-state index contributed by atoms with van der Waals surface area (Å²) in [7, 11) is 1.58. The molecule has 166 valence electrons. The molecule has 2 aromatic rings. The molecule has 7 heteroatoms. The van der Waals surface area contributed by atoms with E-state index >= 15 is 0 Å². The van der Waals surface area contributed by atoms with Gasteiger partial charge in [0.1, 0.15) is 5.75 Å². The number of Topliss-reactive ketones (excluding diaryl/α,β-unsaturated/α-hetero) is 1. The first-order valence-electron chi connectivity index (χ1n) is 10.1. The fourth-order valence-corrected chi connectivity index (χ4v) is 3.57. The highest BCUT2D eigenvalue weighted by Gasteiger charge is 2.38. The molecule has 0 aliphatic rings. The number of benzene rings is 2. The van der Waals surface area contributed by atoms with E-state index in [1.807, 2.05) is 12.1 Å². The zero-order valence-electron chi connectivity index (χ0n) is 17.9. The molecule has 0 saturated heterocycles. The summed E-state index contributed by atoms with van der Waals surface area (Å²) in [5.41, 5.74) is 1.38. The maximum atomic E-state index is 13.0. The summed E-state index contributed by atoms with van der Waals surface area (Å²) in [6, 6.07) is 14.3. The number of ether oxygens (including phenoxy) is 3. The van der Waals surface area contributed by atoms with Gasteiger partial charge in [0.2, 0.25) is 0 Å². The highest BCUT2D eigenvalue weighted by atomic mass is 79.9. The molecule has 0 aromatic heterocycles. The first-order valence-corrected chi connectivity index (χ1v) is 10.9. The Bertz CT molecular complexity index is 858. The number of halogens is 1. The maximum absolute atomic E-state index is 13.0. The number of methoxy groups -OCH3 is 1. The lowest BCUT2D eigenvalue weighted by Gasteiger charge is -2.24. The highest BCUT2D eigenvalue weighted by Crippen LogP contribution is 2.27. The van der Waals surface area contributed by atoms with Crippen LogP contribution < -0.4 is 4.74 Å². The maximum Gasteiger partial charge on any atom is 0.320 e. The topological polar surface area (TPSA) is 78.9 Å². The Labute approximate surface area is 191 Å². The first-order chi connectivity index (χ1) is 14.9. The van der Waals surface area contributed by atoms with Crippen molar-refractivity contribution < 1.29 is 28.6 Å². The van der Waals surface area contributed by atoms with Crippen molar-refractivity contribution in [1.82, 2.24) is 0 Å². The van der Waals surface area contributed by atoms with Crippen molar-refractivity contribution in [2.45, 2.75) is 26.7 Å². The van der Waals surface area contributed by atoms with Crippen molar-refractivity contribution in [1.29, 1.82) is 0 Å². The molecule has 2 rings (SSSR count). The minimum absolute atomic E-state index is 0.00401. The number of carbonyl (C=O) groups excluding carboxylic acids is 3. The van der Waals surface area contributed by atoms with Crippen molar-refractivity contribution in [2.24, 2.45) is 11.8 Å². The number of ketones is 1. The van der Waals surface area contributed by atoms with Crippen LogP contribution in [0, 0.1) is 11.8 Å². The molecule has 0 radical (unpaired) electrons. The first kappa shape index (κ1) is 24.6. The highest BCUT2D eigenvalue weighted by molar-refractivity contribution is 9.10. The summed E-state index contributed by atoms with van der Waals surface area (Å²) in [6.07, 6.45) is 0.324. The Morgan fingerprint density at radius 2 is 1.42 bits per heavy atom. The van der Waals surface area contributed by atoms with Gasteiger partial charge in [0.15, 0.2) is 11.7 Å². The number of hydrogen-bond donors (Lipinski definition) is 0. The van der Waals surface area contributed by atoms with E-state index in [0.717, 1.165) is 10.0 Å². The normalized spacial score (nSPS) is 11.6. The van der Waals surface area contributed by atoms with Crippen molar-refractivity contribution in [3.63, 3.8) is 0 Å². The predicted molar refractivity (Wildman–Crippen MR) is 120 cm³/mol. The van der Waals surface area contributed by atoms with Gasteiger partial charge in [0.25, 0.3) is 0 Å². The van der Waals surface area contributed by atoms with E-state index in [1.54, 1.807) is 57.4 Å². The number of carbonyl (C=O) groups is 3. The minimum Gasteiger partial charge on any atom is -0.497 e. The monoisotopic (exact) mass is 490 g/mol. The standard InChI is InChI=1S/C24H27BrO6/c1-4-30-23(27)22(24(28)31-5-2)18(14-16-6-12-20(29-3)13-7-16)15-21(26)17-8-10-19(25)11-9-17/h6-13,18,22H,4-5,14-15H2,1-3H3/t18-/m1/s1. The van der Waals surface area contributed by atoms with Gasteiger partial charge in [-0.25, -0.2) is 0 Å². The Morgan fingerprint density at radius 1 is 0.871 bits per heavy atom. The molecule has 0 unspecified atom stereocenters. The van der Waals surface area contributed by atoms with Gasteiger partial charge in [-0.3, -0.25) is 14.4 Å². The predicted octanol–water partition coefficient (Wildman–Crippen LogP) is 4.63. The Hall–Kier alpha value is -2.67. The van der Waals surface area contributed by atoms with Crippen molar-refractivity contribution >= 4 is 33.7 Å². The van der Waals surface area contributed by atoms with E-state index in [-0.39, 0.29) is 25.4 Å². The molecular weight excluding hydrogens is 464 g/mol. The van der Waals surface area contributed by atoms with Crippen LogP contribution in [0.15, 0.2) is 53.0 Å². The van der Waals surface area contributed by atoms with Gasteiger partial charge in [-0.1, -0.05) is 40.2 Å². The van der Waals surface area contributed by atoms with Crippen LogP contribution in [-0.4, -0.2) is 38.0 Å². The summed E-state index contributed by atoms with van der Waals surface area (Å²) in [5, 5.41) is 0. The third-order valence-electron chi connectivity index (χ3n) is 4.82. The van der Waals surface area contributed by atoms with Crippen LogP contribution in [0.3, 0.4) is 0 Å². The second-order valence-corrected chi connectivity index (χ2v) is 7.84. The largest absolute Gasteiger partial charge is 0.497 e. The smallest absolute Gasteiger partial charge is 0.320 e. The average molecular weight is 491 g/mol. The van der Waals surface area contributed by atoms with Crippen molar-refractivity contribution in [2.75, 3.05) is 20.3 Å². The van der Waals surface area contributed by atoms with Gasteiger partial charge in [-0.15, -0.1) is 0 Å². The molecule has 1 atom stereocenters. The lowest BCUT2D eigenvalue weighted by molar-refractivity contribution is -0.164. The van der Waals surface area contributed by atoms with Gasteiger partial charge in [0, 0.05) is 16.5 Å². The average Bonchev–Trinajstić information content (AvgIpc) is 2.75. The molecular formula is C24H27BrO6. The van der Waals surface area contributed by atoms with Gasteiger partial charge in [-0.2, -0.15) is 0 Å². The van der Waals surface area contributed by atoms with Crippen molar-refractivity contribution in [3.8, 4) is 5.75 Å². The molecule has 31 heavy (non-hydrogen) atoms. The quantitative estimate of drug-likeness (QED) is 0.259. The van der Waals surface area contributed by atoms with Gasteiger partial charge >= 0.3 is 11.9 Å². The van der Waals surface area contributed by atoms with Crippen LogP contribution in [0.4, 0.5) is 0 Å². The SMILES string of the molecule is CCOC(=O)C(C(=O)OCC)[C@@H](CC(=O)c1ccc(Br)cc1)Cc1ccc(OC)cc1. The summed E-state index contributed by atoms with van der Waals surface area (Å²) in [5.74, 6) is -2.64. The van der Waals surface area contributed by atoms with Crippen LogP contribution in [-0.2, 0) is 25.5 Å². The molecule has 0 N–H and O–H groups in total. The van der Waals surface area contributed by atoms with E-state index in [4.69, 9.17) is 14.2 Å². The molecule has 0 bridgehead atoms. The van der Waals surface area contributed by atoms with E-state index in [1.165, 1.54) is 0 Å². The molecule has 2 aromatic carbocycles. The van der Waals surface area contributed by atoms with Crippen LogP contribution in [0.2, 0.25) is 0 Å². The van der Waals surface area contributed by atoms with E-state index in [2.05, 4.69) is 15.9 Å². The Kier molecular flexibility index (Phi) is 9.72. The molecule has 0 aliphatic carbocycles. The number of rotatable bonds is 11. The third kappa shape index (κ3) is 7.21. The molecule has 0 spiro atoms. The molecule has 0 amide bonds. The van der Waals surface area contributed by atoms with Crippen LogP contribution in [0.1, 0.15) is 36.2 Å². The van der Waals surface area contributed by atoms with Gasteiger partial charge in [-0.05, 0) is 56.0 Å². The summed E-state index contributed by atoms with van der Waals surface area (Å²) < 4.78 is 16.3. The molecule has 6 nitrogen and oxygen atoms in total. The van der Waals surface area contributed by atoms with E-state index < -0.39 is 23.8 Å². The lowest BCUT2D eigenvalue weighted by Crippen LogP contribution is -2.36. The Balaban J connectivity index is 2.36. The van der Waals surface area contributed by atoms with Gasteiger partial charge in [0.05, 0.1) is 20.3 Å². The molecule has 0 heterocycles. The van der Waals surface area contributed by atoms with Gasteiger partial charge < -0.3 is 14.2 Å². The fraction of sp³-hybridized carbons (Fsp3) is 0.375. The fourth-order valence-electron chi connectivity index (χ4n) is 3.31. The van der Waals surface area contributed by atoms with Crippen LogP contribution in [0.25, 0.3) is 0 Å². The number of esters is 2. The second kappa shape index (κ2) is 12.2. The summed E-state index contributed by atoms with van der Waals surface area (Å²) in [4.78, 5) is 38.4. The summed E-state index contributed by atoms with van der Waals surface area (Å²) in [6.45, 7) is 3.60. The van der Waals surface area contributed by atoms with Crippen LogP contribution >= 0.6 is 15.9 Å². The zero-order valence-corrected chi connectivity index (χ0v) is 19.5. The van der Waals surface area contributed by atoms with E-state index in [0.29, 0.717) is 17.7 Å². The number of hydrogen-bond acceptors (Lipinski definition) is 6. The second-order valence-electron chi connectivity index (χ2n) is 6.93. The van der Waals surface area contributed by atoms with Crippen LogP contribution in [0.5, 0.6) is 5.75 Å². The lowest BCUT2D eigenvalue weighted by atomic mass is 9.82. The van der Waals surface area contributed by atoms with E-state index in [9.17, 15) is 14.4 Å². The molecule has 0 aliphatic heterocycles. The minimum atomic E-state index is -1.19. The molecule has 0 saturated carbocycles. The molecule has 0 fully saturated rings. The third-order valence-corrected chi connectivity index (χ3v) is 5.35. The zero-order chi connectivity index (χ0) is 22.8. The summed E-state index contributed by atoms with van der Waals surface area (Å²) >= 11 is 3.35. The Morgan fingerprint density at radius 3 is 1.90 bits per heavy atom. The van der Waals surface area contributed by atoms with Crippen molar-refractivity contribution in [3.05, 3.63) is 64.1 Å².